The Balaban J connectivity index is 2.82. The highest BCUT2D eigenvalue weighted by Crippen LogP contribution is 2.24. The first-order valence-corrected chi connectivity index (χ1v) is 5.37. The van der Waals surface area contributed by atoms with Crippen molar-refractivity contribution in [3.05, 3.63) is 24.5 Å². The molecule has 1 heterocycles. The molecule has 0 aliphatic carbocycles. The second-order valence-electron chi connectivity index (χ2n) is 4.50. The molecule has 0 aliphatic rings. The molecule has 0 saturated carbocycles. The summed E-state index contributed by atoms with van der Waals surface area (Å²) in [7, 11) is 1.76. The molecule has 0 aromatic carbocycles. The maximum Gasteiger partial charge on any atom is 0.232 e. The first-order valence-electron chi connectivity index (χ1n) is 5.37. The zero-order valence-corrected chi connectivity index (χ0v) is 10.1. The lowest BCUT2D eigenvalue weighted by Gasteiger charge is -2.28. The molecule has 4 nitrogen and oxygen atoms in total. The van der Waals surface area contributed by atoms with Gasteiger partial charge in [0.2, 0.25) is 5.91 Å². The molecule has 1 aromatic rings. The molecule has 1 aromatic heterocycles. The number of carbonyl (C=O) groups excluding carboxylic acids is 1. The van der Waals surface area contributed by atoms with Crippen LogP contribution in [0, 0.1) is 5.41 Å². The summed E-state index contributed by atoms with van der Waals surface area (Å²) in [6.07, 6.45) is 4.04. The molecule has 88 valence electrons. The monoisotopic (exact) mass is 221 g/mol. The molecule has 1 amide bonds. The van der Waals surface area contributed by atoms with Crippen molar-refractivity contribution < 1.29 is 4.79 Å². The van der Waals surface area contributed by atoms with Crippen molar-refractivity contribution in [1.29, 1.82) is 0 Å². The van der Waals surface area contributed by atoms with Gasteiger partial charge in [-0.15, -0.1) is 0 Å². The number of anilines is 1. The molecule has 4 heteroatoms. The van der Waals surface area contributed by atoms with Gasteiger partial charge in [0, 0.05) is 18.7 Å². The molecule has 0 fully saturated rings. The normalized spacial score (nSPS) is 11.2. The van der Waals surface area contributed by atoms with Crippen molar-refractivity contribution in [3.63, 3.8) is 0 Å². The van der Waals surface area contributed by atoms with Crippen LogP contribution < -0.4 is 10.6 Å². The molecule has 0 unspecified atom stereocenters. The number of rotatable bonds is 4. The number of carbonyl (C=O) groups is 1. The second kappa shape index (κ2) is 5.07. The molecule has 0 spiro atoms. The highest BCUT2D eigenvalue weighted by Gasteiger charge is 2.30. The van der Waals surface area contributed by atoms with Crippen LogP contribution in [0.2, 0.25) is 0 Å². The fourth-order valence-electron chi connectivity index (χ4n) is 1.59. The van der Waals surface area contributed by atoms with Crippen LogP contribution in [0.25, 0.3) is 0 Å². The topological polar surface area (TPSA) is 59.2 Å². The van der Waals surface area contributed by atoms with E-state index in [1.165, 1.54) is 0 Å². The Kier molecular flexibility index (Phi) is 4.01. The molecule has 0 aliphatic heterocycles. The molecule has 0 radical (unpaired) electrons. The summed E-state index contributed by atoms with van der Waals surface area (Å²) in [5.74, 6) is 0.0611. The third kappa shape index (κ3) is 2.79. The van der Waals surface area contributed by atoms with E-state index in [1.54, 1.807) is 24.3 Å². The van der Waals surface area contributed by atoms with E-state index in [1.807, 2.05) is 26.0 Å². The van der Waals surface area contributed by atoms with Gasteiger partial charge in [0.1, 0.15) is 0 Å². The summed E-state index contributed by atoms with van der Waals surface area (Å²) in [5.41, 5.74) is 5.88. The van der Waals surface area contributed by atoms with Gasteiger partial charge in [-0.05, 0) is 25.1 Å². The Morgan fingerprint density at radius 1 is 1.56 bits per heavy atom. The zero-order valence-electron chi connectivity index (χ0n) is 10.1. The lowest BCUT2D eigenvalue weighted by molar-refractivity contribution is -0.126. The minimum absolute atomic E-state index is 0.0611. The van der Waals surface area contributed by atoms with E-state index in [4.69, 9.17) is 5.73 Å². The van der Waals surface area contributed by atoms with Crippen molar-refractivity contribution in [1.82, 2.24) is 4.98 Å². The van der Waals surface area contributed by atoms with E-state index < -0.39 is 5.41 Å². The van der Waals surface area contributed by atoms with Gasteiger partial charge in [-0.1, -0.05) is 13.8 Å². The lowest BCUT2D eigenvalue weighted by atomic mass is 9.87. The van der Waals surface area contributed by atoms with Crippen LogP contribution in [0.3, 0.4) is 0 Å². The number of hydrogen-bond donors (Lipinski definition) is 1. The summed E-state index contributed by atoms with van der Waals surface area (Å²) >= 11 is 0. The van der Waals surface area contributed by atoms with E-state index >= 15 is 0 Å². The van der Waals surface area contributed by atoms with Crippen LogP contribution in [-0.4, -0.2) is 24.5 Å². The Labute approximate surface area is 96.5 Å². The molecule has 0 saturated heterocycles. The standard InChI is InChI=1S/C12H19N3O/c1-12(2,6-7-13)11(16)15(3)10-5-4-8-14-9-10/h4-5,8-9H,6-7,13H2,1-3H3. The van der Waals surface area contributed by atoms with Gasteiger partial charge >= 0.3 is 0 Å². The van der Waals surface area contributed by atoms with Crippen molar-refractivity contribution in [2.75, 3.05) is 18.5 Å². The van der Waals surface area contributed by atoms with Crippen LogP contribution in [0.4, 0.5) is 5.69 Å². The number of aromatic nitrogens is 1. The van der Waals surface area contributed by atoms with Crippen LogP contribution in [0.5, 0.6) is 0 Å². The fraction of sp³-hybridized carbons (Fsp3) is 0.500. The second-order valence-corrected chi connectivity index (χ2v) is 4.50. The largest absolute Gasteiger partial charge is 0.330 e. The van der Waals surface area contributed by atoms with Crippen LogP contribution in [0.15, 0.2) is 24.5 Å². The maximum absolute atomic E-state index is 12.2. The van der Waals surface area contributed by atoms with Crippen LogP contribution in [-0.2, 0) is 4.79 Å². The third-order valence-electron chi connectivity index (χ3n) is 2.69. The summed E-state index contributed by atoms with van der Waals surface area (Å²) in [6, 6.07) is 3.68. The van der Waals surface area contributed by atoms with Gasteiger partial charge in [-0.2, -0.15) is 0 Å². The average Bonchev–Trinajstić information content (AvgIpc) is 2.28. The number of hydrogen-bond acceptors (Lipinski definition) is 3. The summed E-state index contributed by atoms with van der Waals surface area (Å²) in [5, 5.41) is 0. The molecular formula is C12H19N3O. The van der Waals surface area contributed by atoms with Crippen molar-refractivity contribution in [2.24, 2.45) is 11.1 Å². The number of pyridine rings is 1. The fourth-order valence-corrected chi connectivity index (χ4v) is 1.59. The predicted octanol–water partition coefficient (Wildman–Crippen LogP) is 1.42. The quantitative estimate of drug-likeness (QED) is 0.836. The molecule has 2 N–H and O–H groups in total. The maximum atomic E-state index is 12.2. The summed E-state index contributed by atoms with van der Waals surface area (Å²) < 4.78 is 0. The molecule has 16 heavy (non-hydrogen) atoms. The highest BCUT2D eigenvalue weighted by molar-refractivity contribution is 5.96. The predicted molar refractivity (Wildman–Crippen MR) is 65.1 cm³/mol. The zero-order chi connectivity index (χ0) is 12.2. The van der Waals surface area contributed by atoms with E-state index in [-0.39, 0.29) is 5.91 Å². The van der Waals surface area contributed by atoms with Gasteiger partial charge in [0.25, 0.3) is 0 Å². The van der Waals surface area contributed by atoms with E-state index in [0.29, 0.717) is 13.0 Å². The van der Waals surface area contributed by atoms with Gasteiger partial charge < -0.3 is 10.6 Å². The smallest absolute Gasteiger partial charge is 0.232 e. The summed E-state index contributed by atoms with van der Waals surface area (Å²) in [6.45, 7) is 4.34. The lowest BCUT2D eigenvalue weighted by Crippen LogP contribution is -2.39. The van der Waals surface area contributed by atoms with E-state index in [0.717, 1.165) is 5.69 Å². The number of nitrogens with zero attached hydrogens (tertiary/aromatic N) is 2. The van der Waals surface area contributed by atoms with Gasteiger partial charge in [-0.3, -0.25) is 9.78 Å². The molecular weight excluding hydrogens is 202 g/mol. The van der Waals surface area contributed by atoms with Crippen molar-refractivity contribution in [3.8, 4) is 0 Å². The highest BCUT2D eigenvalue weighted by atomic mass is 16.2. The van der Waals surface area contributed by atoms with Crippen molar-refractivity contribution >= 4 is 11.6 Å². The minimum Gasteiger partial charge on any atom is -0.330 e. The molecule has 1 rings (SSSR count). The average molecular weight is 221 g/mol. The Morgan fingerprint density at radius 2 is 2.25 bits per heavy atom. The third-order valence-corrected chi connectivity index (χ3v) is 2.69. The van der Waals surface area contributed by atoms with Gasteiger partial charge in [0.05, 0.1) is 11.9 Å². The molecule has 0 atom stereocenters. The summed E-state index contributed by atoms with van der Waals surface area (Å²) in [4.78, 5) is 17.8. The Morgan fingerprint density at radius 3 is 2.75 bits per heavy atom. The Hall–Kier alpha value is -1.42. The van der Waals surface area contributed by atoms with Crippen LogP contribution >= 0.6 is 0 Å². The van der Waals surface area contributed by atoms with Gasteiger partial charge in [-0.25, -0.2) is 0 Å². The first-order chi connectivity index (χ1) is 7.49. The van der Waals surface area contributed by atoms with Gasteiger partial charge in [0.15, 0.2) is 0 Å². The first kappa shape index (κ1) is 12.6. The van der Waals surface area contributed by atoms with E-state index in [9.17, 15) is 4.79 Å². The number of nitrogens with two attached hydrogens (primary N) is 1. The van der Waals surface area contributed by atoms with Crippen LogP contribution in [0.1, 0.15) is 20.3 Å². The minimum atomic E-state index is -0.431. The SMILES string of the molecule is CN(C(=O)C(C)(C)CCN)c1cccnc1. The Bertz CT molecular complexity index is 349. The number of amides is 1. The van der Waals surface area contributed by atoms with E-state index in [2.05, 4.69) is 4.98 Å². The molecule has 0 bridgehead atoms. The van der Waals surface area contributed by atoms with Crippen molar-refractivity contribution in [2.45, 2.75) is 20.3 Å².